The molecule has 9 heteroatoms. The van der Waals surface area contributed by atoms with Gasteiger partial charge in [0.05, 0.1) is 13.2 Å². The molecular weight excluding hydrogens is 392 g/mol. The highest BCUT2D eigenvalue weighted by molar-refractivity contribution is 7.89. The number of ether oxygens (including phenoxy) is 1. The Labute approximate surface area is 172 Å². The third-order valence-corrected chi connectivity index (χ3v) is 8.05. The van der Waals surface area contributed by atoms with Crippen molar-refractivity contribution in [2.75, 3.05) is 57.4 Å². The standard InChI is InChI=1S/C20H30N4O4S/c25-20(23-12-14-28-15-13-23)17-6-10-22(11-7-17)19-5-4-18(16-21-19)29(26,27)24-8-2-1-3-9-24/h4-5,16-17H,1-3,6-15H2. The molecule has 0 radical (unpaired) electrons. The monoisotopic (exact) mass is 422 g/mol. The molecule has 3 saturated heterocycles. The molecule has 29 heavy (non-hydrogen) atoms. The average molecular weight is 423 g/mol. The van der Waals surface area contributed by atoms with Crippen molar-refractivity contribution in [1.82, 2.24) is 14.2 Å². The summed E-state index contributed by atoms with van der Waals surface area (Å²) in [4.78, 5) is 21.4. The molecule has 0 spiro atoms. The Balaban J connectivity index is 1.35. The van der Waals surface area contributed by atoms with Gasteiger partial charge in [0.1, 0.15) is 10.7 Å². The van der Waals surface area contributed by atoms with Gasteiger partial charge in [0.2, 0.25) is 15.9 Å². The molecule has 0 aliphatic carbocycles. The maximum absolute atomic E-state index is 12.8. The molecule has 4 heterocycles. The summed E-state index contributed by atoms with van der Waals surface area (Å²) in [6.07, 6.45) is 6.00. The zero-order valence-electron chi connectivity index (χ0n) is 16.8. The van der Waals surface area contributed by atoms with E-state index in [1.54, 1.807) is 16.4 Å². The Kier molecular flexibility index (Phi) is 6.36. The Morgan fingerprint density at radius 1 is 0.966 bits per heavy atom. The number of aromatic nitrogens is 1. The third-order valence-electron chi connectivity index (χ3n) is 6.16. The van der Waals surface area contributed by atoms with Crippen molar-refractivity contribution in [3.05, 3.63) is 18.3 Å². The summed E-state index contributed by atoms with van der Waals surface area (Å²) in [5.41, 5.74) is 0. The van der Waals surface area contributed by atoms with Gasteiger partial charge in [0.15, 0.2) is 0 Å². The predicted octanol–water partition coefficient (Wildman–Crippen LogP) is 1.33. The fourth-order valence-corrected chi connectivity index (χ4v) is 5.83. The fraction of sp³-hybridized carbons (Fsp3) is 0.700. The van der Waals surface area contributed by atoms with Gasteiger partial charge in [-0.1, -0.05) is 6.42 Å². The van der Waals surface area contributed by atoms with E-state index >= 15 is 0 Å². The van der Waals surface area contributed by atoms with Crippen LogP contribution in [0.5, 0.6) is 0 Å². The number of morpholine rings is 1. The van der Waals surface area contributed by atoms with Crippen molar-refractivity contribution < 1.29 is 17.9 Å². The van der Waals surface area contributed by atoms with Crippen molar-refractivity contribution >= 4 is 21.7 Å². The highest BCUT2D eigenvalue weighted by atomic mass is 32.2. The van der Waals surface area contributed by atoms with Crippen LogP contribution >= 0.6 is 0 Å². The fourth-order valence-electron chi connectivity index (χ4n) is 4.36. The summed E-state index contributed by atoms with van der Waals surface area (Å²) in [5, 5.41) is 0. The molecule has 3 aliphatic heterocycles. The first-order valence-electron chi connectivity index (χ1n) is 10.6. The zero-order chi connectivity index (χ0) is 20.3. The Bertz CT molecular complexity index is 794. The van der Waals surface area contributed by atoms with Crippen molar-refractivity contribution in [2.45, 2.75) is 37.0 Å². The van der Waals surface area contributed by atoms with E-state index in [0.29, 0.717) is 39.4 Å². The van der Waals surface area contributed by atoms with Gasteiger partial charge in [0.25, 0.3) is 0 Å². The van der Waals surface area contributed by atoms with Crippen LogP contribution in [0, 0.1) is 5.92 Å². The van der Waals surface area contributed by atoms with Crippen LogP contribution in [0.1, 0.15) is 32.1 Å². The normalized spacial score (nSPS) is 22.6. The van der Waals surface area contributed by atoms with Crippen molar-refractivity contribution in [3.63, 3.8) is 0 Å². The van der Waals surface area contributed by atoms with Gasteiger partial charge in [-0.3, -0.25) is 4.79 Å². The highest BCUT2D eigenvalue weighted by Crippen LogP contribution is 2.26. The molecule has 0 aromatic carbocycles. The molecule has 8 nitrogen and oxygen atoms in total. The molecule has 4 rings (SSSR count). The molecule has 1 aromatic rings. The Morgan fingerprint density at radius 2 is 1.66 bits per heavy atom. The molecule has 1 amide bonds. The topological polar surface area (TPSA) is 83.1 Å². The zero-order valence-corrected chi connectivity index (χ0v) is 17.6. The summed E-state index contributed by atoms with van der Waals surface area (Å²) < 4.78 is 32.4. The number of pyridine rings is 1. The summed E-state index contributed by atoms with van der Waals surface area (Å²) in [6.45, 7) is 5.32. The van der Waals surface area contributed by atoms with E-state index < -0.39 is 10.0 Å². The number of hydrogen-bond acceptors (Lipinski definition) is 6. The summed E-state index contributed by atoms with van der Waals surface area (Å²) in [6, 6.07) is 3.46. The molecule has 0 atom stereocenters. The number of nitrogens with zero attached hydrogens (tertiary/aromatic N) is 4. The molecule has 0 bridgehead atoms. The van der Waals surface area contributed by atoms with Crippen molar-refractivity contribution in [2.24, 2.45) is 5.92 Å². The van der Waals surface area contributed by atoms with Gasteiger partial charge in [-0.25, -0.2) is 13.4 Å². The second-order valence-electron chi connectivity index (χ2n) is 8.02. The lowest BCUT2D eigenvalue weighted by Crippen LogP contribution is -2.46. The third kappa shape index (κ3) is 4.57. The van der Waals surface area contributed by atoms with Crippen molar-refractivity contribution in [3.8, 4) is 0 Å². The molecule has 1 aromatic heterocycles. The van der Waals surface area contributed by atoms with E-state index in [4.69, 9.17) is 4.74 Å². The van der Waals surface area contributed by atoms with Crippen LogP contribution in [-0.2, 0) is 19.6 Å². The first-order valence-corrected chi connectivity index (χ1v) is 12.1. The van der Waals surface area contributed by atoms with Crippen LogP contribution in [0.4, 0.5) is 5.82 Å². The maximum atomic E-state index is 12.8. The average Bonchev–Trinajstić information content (AvgIpc) is 2.80. The minimum Gasteiger partial charge on any atom is -0.378 e. The number of sulfonamides is 1. The lowest BCUT2D eigenvalue weighted by atomic mass is 9.95. The number of amides is 1. The maximum Gasteiger partial charge on any atom is 0.244 e. The van der Waals surface area contributed by atoms with Crippen LogP contribution in [0.25, 0.3) is 0 Å². The van der Waals surface area contributed by atoms with Gasteiger partial charge in [0, 0.05) is 51.4 Å². The lowest BCUT2D eigenvalue weighted by molar-refractivity contribution is -0.140. The second kappa shape index (κ2) is 8.97. The van der Waals surface area contributed by atoms with E-state index in [-0.39, 0.29) is 16.7 Å². The van der Waals surface area contributed by atoms with Crippen LogP contribution in [0.2, 0.25) is 0 Å². The van der Waals surface area contributed by atoms with E-state index in [1.165, 1.54) is 6.20 Å². The van der Waals surface area contributed by atoms with Crippen molar-refractivity contribution in [1.29, 1.82) is 0 Å². The van der Waals surface area contributed by atoms with Crippen LogP contribution in [0.3, 0.4) is 0 Å². The molecule has 0 saturated carbocycles. The Morgan fingerprint density at radius 3 is 2.28 bits per heavy atom. The van der Waals surface area contributed by atoms with E-state index in [9.17, 15) is 13.2 Å². The SMILES string of the molecule is O=C(C1CCN(c2ccc(S(=O)(=O)N3CCCCC3)cn2)CC1)N1CCOCC1. The first-order chi connectivity index (χ1) is 14.1. The predicted molar refractivity (Wildman–Crippen MR) is 109 cm³/mol. The minimum atomic E-state index is -3.45. The minimum absolute atomic E-state index is 0.0584. The first kappa shape index (κ1) is 20.6. The van der Waals surface area contributed by atoms with E-state index in [2.05, 4.69) is 9.88 Å². The molecule has 0 N–H and O–H groups in total. The lowest BCUT2D eigenvalue weighted by Gasteiger charge is -2.36. The highest BCUT2D eigenvalue weighted by Gasteiger charge is 2.30. The largest absolute Gasteiger partial charge is 0.378 e. The second-order valence-corrected chi connectivity index (χ2v) is 9.95. The number of anilines is 1. The van der Waals surface area contributed by atoms with Gasteiger partial charge in [-0.05, 0) is 37.8 Å². The molecule has 3 aliphatic rings. The number of rotatable bonds is 4. The number of carbonyl (C=O) groups is 1. The molecule has 160 valence electrons. The van der Waals surface area contributed by atoms with Crippen LogP contribution in [-0.4, -0.2) is 81.0 Å². The van der Waals surface area contributed by atoms with Gasteiger partial charge in [-0.2, -0.15) is 4.31 Å². The Hall–Kier alpha value is -1.71. The van der Waals surface area contributed by atoms with E-state index in [1.807, 2.05) is 4.90 Å². The summed E-state index contributed by atoms with van der Waals surface area (Å²) in [7, 11) is -3.45. The summed E-state index contributed by atoms with van der Waals surface area (Å²) in [5.74, 6) is 1.08. The van der Waals surface area contributed by atoms with Gasteiger partial charge < -0.3 is 14.5 Å². The number of piperidine rings is 2. The smallest absolute Gasteiger partial charge is 0.244 e. The summed E-state index contributed by atoms with van der Waals surface area (Å²) >= 11 is 0. The van der Waals surface area contributed by atoms with Crippen LogP contribution in [0.15, 0.2) is 23.2 Å². The molecule has 3 fully saturated rings. The van der Waals surface area contributed by atoms with E-state index in [0.717, 1.165) is 51.0 Å². The quantitative estimate of drug-likeness (QED) is 0.728. The molecule has 0 unspecified atom stereocenters. The van der Waals surface area contributed by atoms with Gasteiger partial charge >= 0.3 is 0 Å². The number of hydrogen-bond donors (Lipinski definition) is 0. The van der Waals surface area contributed by atoms with Crippen LogP contribution < -0.4 is 4.90 Å². The van der Waals surface area contributed by atoms with Gasteiger partial charge in [-0.15, -0.1) is 0 Å². The molecular formula is C20H30N4O4S. The number of carbonyl (C=O) groups excluding carboxylic acids is 1.